The van der Waals surface area contributed by atoms with Crippen LogP contribution < -0.4 is 5.32 Å². The Morgan fingerprint density at radius 3 is 2.34 bits per heavy atom. The number of benzene rings is 3. The molecule has 6 nitrogen and oxygen atoms in total. The minimum absolute atomic E-state index is 0.0988. The fourth-order valence-electron chi connectivity index (χ4n) is 4.45. The van der Waals surface area contributed by atoms with E-state index in [1.165, 1.54) is 4.90 Å². The Morgan fingerprint density at radius 2 is 1.66 bits per heavy atom. The fourth-order valence-corrected chi connectivity index (χ4v) is 4.45. The third-order valence-corrected chi connectivity index (χ3v) is 6.63. The highest BCUT2D eigenvalue weighted by molar-refractivity contribution is 5.91. The van der Waals surface area contributed by atoms with E-state index in [9.17, 15) is 14.7 Å². The predicted octanol–water partition coefficient (Wildman–Crippen LogP) is 5.84. The number of H-pyrrole nitrogens is 1. The minimum Gasteiger partial charge on any atom is -0.465 e. The van der Waals surface area contributed by atoms with Gasteiger partial charge in [0.2, 0.25) is 5.91 Å². The summed E-state index contributed by atoms with van der Waals surface area (Å²) in [4.78, 5) is 31.0. The van der Waals surface area contributed by atoms with Gasteiger partial charge in [-0.05, 0) is 43.5 Å². The molecule has 3 aromatic carbocycles. The van der Waals surface area contributed by atoms with Gasteiger partial charge in [-0.15, -0.1) is 0 Å². The van der Waals surface area contributed by atoms with Crippen LogP contribution >= 0.6 is 0 Å². The van der Waals surface area contributed by atoms with Crippen LogP contribution in [0, 0.1) is 6.92 Å². The van der Waals surface area contributed by atoms with Crippen LogP contribution in [-0.4, -0.2) is 32.5 Å². The number of para-hydroxylation sites is 1. The molecule has 0 saturated heterocycles. The first-order chi connectivity index (χ1) is 16.8. The highest BCUT2D eigenvalue weighted by Crippen LogP contribution is 2.29. The van der Waals surface area contributed by atoms with Gasteiger partial charge in [-0.1, -0.05) is 78.4 Å². The van der Waals surface area contributed by atoms with Gasteiger partial charge in [-0.2, -0.15) is 0 Å². The summed E-state index contributed by atoms with van der Waals surface area (Å²) in [6, 6.07) is 24.9. The van der Waals surface area contributed by atoms with E-state index in [-0.39, 0.29) is 24.9 Å². The monoisotopic (exact) mass is 469 g/mol. The molecular formula is C29H31N3O3. The number of amides is 2. The van der Waals surface area contributed by atoms with E-state index in [0.717, 1.165) is 33.2 Å². The molecule has 35 heavy (non-hydrogen) atoms. The highest BCUT2D eigenvalue weighted by Gasteiger charge is 2.43. The lowest BCUT2D eigenvalue weighted by Gasteiger charge is -2.39. The van der Waals surface area contributed by atoms with E-state index in [1.54, 1.807) is 6.92 Å². The summed E-state index contributed by atoms with van der Waals surface area (Å²) in [7, 11) is 0. The molecule has 0 aliphatic carbocycles. The number of carbonyl (C=O) groups excluding carboxylic acids is 1. The van der Waals surface area contributed by atoms with Crippen molar-refractivity contribution in [1.29, 1.82) is 0 Å². The van der Waals surface area contributed by atoms with Crippen LogP contribution in [0.4, 0.5) is 4.79 Å². The number of carboxylic acid groups (broad SMARTS) is 1. The van der Waals surface area contributed by atoms with Crippen LogP contribution in [0.25, 0.3) is 10.9 Å². The smallest absolute Gasteiger partial charge is 0.408 e. The van der Waals surface area contributed by atoms with Gasteiger partial charge in [-0.25, -0.2) is 4.79 Å². The standard InChI is InChI=1S/C29H31N3O3/c1-20-13-15-22(16-14-20)19-32(28(34)35)29(3,17-24-18-30-26-12-8-7-11-25(24)26)27(33)31-21(2)23-9-5-4-6-10-23/h4-16,18,21,30H,17,19H2,1-3H3,(H,31,33)(H,34,35)/t21-,29+/m1/s1. The number of aryl methyl sites for hydroxylation is 1. The summed E-state index contributed by atoms with van der Waals surface area (Å²) in [5.41, 5.74) is 3.35. The van der Waals surface area contributed by atoms with Gasteiger partial charge in [0.1, 0.15) is 5.54 Å². The van der Waals surface area contributed by atoms with Crippen molar-refractivity contribution in [1.82, 2.24) is 15.2 Å². The van der Waals surface area contributed by atoms with E-state index in [1.807, 2.05) is 98.9 Å². The Kier molecular flexibility index (Phi) is 6.92. The van der Waals surface area contributed by atoms with Gasteiger partial charge in [-0.3, -0.25) is 9.69 Å². The number of nitrogens with zero attached hydrogens (tertiary/aromatic N) is 1. The molecule has 2 amide bonds. The third-order valence-electron chi connectivity index (χ3n) is 6.63. The lowest BCUT2D eigenvalue weighted by atomic mass is 9.88. The number of rotatable bonds is 8. The van der Waals surface area contributed by atoms with E-state index in [4.69, 9.17) is 0 Å². The number of carbonyl (C=O) groups is 2. The van der Waals surface area contributed by atoms with Crippen LogP contribution in [0.1, 0.15) is 42.1 Å². The zero-order valence-corrected chi connectivity index (χ0v) is 20.3. The van der Waals surface area contributed by atoms with Crippen molar-refractivity contribution in [3.8, 4) is 0 Å². The van der Waals surface area contributed by atoms with Crippen molar-refractivity contribution in [3.05, 3.63) is 107 Å². The molecular weight excluding hydrogens is 438 g/mol. The van der Waals surface area contributed by atoms with Gasteiger partial charge in [0.15, 0.2) is 0 Å². The maximum atomic E-state index is 13.9. The van der Waals surface area contributed by atoms with Crippen molar-refractivity contribution in [2.45, 2.75) is 45.3 Å². The quantitative estimate of drug-likeness (QED) is 0.303. The van der Waals surface area contributed by atoms with E-state index in [0.29, 0.717) is 0 Å². The molecule has 180 valence electrons. The summed E-state index contributed by atoms with van der Waals surface area (Å²) in [5, 5.41) is 14.4. The van der Waals surface area contributed by atoms with E-state index < -0.39 is 11.6 Å². The molecule has 0 aliphatic heterocycles. The second-order valence-electron chi connectivity index (χ2n) is 9.27. The lowest BCUT2D eigenvalue weighted by Crippen LogP contribution is -2.59. The number of aromatic amines is 1. The molecule has 0 saturated carbocycles. The molecule has 4 aromatic rings. The molecule has 1 aromatic heterocycles. The summed E-state index contributed by atoms with van der Waals surface area (Å²) >= 11 is 0. The zero-order valence-electron chi connectivity index (χ0n) is 20.3. The van der Waals surface area contributed by atoms with Gasteiger partial charge < -0.3 is 15.4 Å². The second kappa shape index (κ2) is 10.1. The number of aromatic nitrogens is 1. The highest BCUT2D eigenvalue weighted by atomic mass is 16.4. The third kappa shape index (κ3) is 5.22. The molecule has 3 N–H and O–H groups in total. The average Bonchev–Trinajstić information content (AvgIpc) is 3.26. The summed E-state index contributed by atoms with van der Waals surface area (Å²) in [5.74, 6) is -0.339. The van der Waals surface area contributed by atoms with Crippen molar-refractivity contribution >= 4 is 22.9 Å². The van der Waals surface area contributed by atoms with Crippen molar-refractivity contribution < 1.29 is 14.7 Å². The second-order valence-corrected chi connectivity index (χ2v) is 9.27. The number of hydrogen-bond donors (Lipinski definition) is 3. The summed E-state index contributed by atoms with van der Waals surface area (Å²) in [6.07, 6.45) is 0.945. The molecule has 0 spiro atoms. The van der Waals surface area contributed by atoms with Crippen molar-refractivity contribution in [2.24, 2.45) is 0 Å². The number of hydrogen-bond acceptors (Lipinski definition) is 2. The molecule has 0 unspecified atom stereocenters. The zero-order chi connectivity index (χ0) is 25.0. The van der Waals surface area contributed by atoms with Crippen LogP contribution in [0.3, 0.4) is 0 Å². The molecule has 0 bridgehead atoms. The molecule has 0 radical (unpaired) electrons. The van der Waals surface area contributed by atoms with Crippen molar-refractivity contribution in [3.63, 3.8) is 0 Å². The molecule has 0 fully saturated rings. The van der Waals surface area contributed by atoms with Gasteiger partial charge in [0.05, 0.1) is 12.6 Å². The molecule has 2 atom stereocenters. The Labute approximate surface area is 205 Å². The first-order valence-corrected chi connectivity index (χ1v) is 11.7. The molecule has 6 heteroatoms. The Balaban J connectivity index is 1.72. The summed E-state index contributed by atoms with van der Waals surface area (Å²) in [6.45, 7) is 5.70. The van der Waals surface area contributed by atoms with Gasteiger partial charge >= 0.3 is 6.09 Å². The van der Waals surface area contributed by atoms with E-state index in [2.05, 4.69) is 10.3 Å². The molecule has 4 rings (SSSR count). The molecule has 0 aliphatic rings. The topological polar surface area (TPSA) is 85.4 Å². The number of fused-ring (bicyclic) bond motifs is 1. The first-order valence-electron chi connectivity index (χ1n) is 11.7. The lowest BCUT2D eigenvalue weighted by molar-refractivity contribution is -0.132. The van der Waals surface area contributed by atoms with Crippen LogP contribution in [0.5, 0.6) is 0 Å². The Bertz CT molecular complexity index is 1310. The van der Waals surface area contributed by atoms with Crippen LogP contribution in [0.15, 0.2) is 85.1 Å². The van der Waals surface area contributed by atoms with Crippen LogP contribution in [0.2, 0.25) is 0 Å². The maximum absolute atomic E-state index is 13.9. The van der Waals surface area contributed by atoms with Crippen molar-refractivity contribution in [2.75, 3.05) is 0 Å². The van der Waals surface area contributed by atoms with Crippen LogP contribution in [-0.2, 0) is 17.8 Å². The molecule has 1 heterocycles. The predicted molar refractivity (Wildman–Crippen MR) is 138 cm³/mol. The maximum Gasteiger partial charge on any atom is 0.408 e. The SMILES string of the molecule is Cc1ccc(CN(C(=O)O)[C@@](C)(Cc2c[nH]c3ccccc23)C(=O)N[C@H](C)c2ccccc2)cc1. The Morgan fingerprint density at radius 1 is 1.00 bits per heavy atom. The van der Waals surface area contributed by atoms with Gasteiger partial charge in [0, 0.05) is 23.5 Å². The first kappa shape index (κ1) is 24.1. The fraction of sp³-hybridized carbons (Fsp3) is 0.241. The largest absolute Gasteiger partial charge is 0.465 e. The van der Waals surface area contributed by atoms with E-state index >= 15 is 0 Å². The average molecular weight is 470 g/mol. The Hall–Kier alpha value is -4.06. The minimum atomic E-state index is -1.36. The van der Waals surface area contributed by atoms with Gasteiger partial charge in [0.25, 0.3) is 0 Å². The summed E-state index contributed by atoms with van der Waals surface area (Å²) < 4.78 is 0. The number of nitrogens with one attached hydrogen (secondary N) is 2. The normalized spacial score (nSPS) is 13.7.